The van der Waals surface area contributed by atoms with Crippen molar-refractivity contribution >= 4 is 5.91 Å². The third kappa shape index (κ3) is 5.10. The van der Waals surface area contributed by atoms with Gasteiger partial charge >= 0.3 is 0 Å². The first-order valence-corrected chi connectivity index (χ1v) is 7.31. The second-order valence-corrected chi connectivity index (χ2v) is 5.08. The Bertz CT molecular complexity index is 624. The van der Waals surface area contributed by atoms with Gasteiger partial charge in [0.1, 0.15) is 23.9 Å². The average Bonchev–Trinajstić information content (AvgIpc) is 3.02. The lowest BCUT2D eigenvalue weighted by atomic mass is 10.3. The fraction of sp³-hybridized carbons (Fsp3) is 0.353. The summed E-state index contributed by atoms with van der Waals surface area (Å²) in [4.78, 5) is 13.8. The Labute approximate surface area is 134 Å². The third-order valence-corrected chi connectivity index (χ3v) is 3.26. The molecule has 0 spiro atoms. The van der Waals surface area contributed by atoms with Crippen LogP contribution in [0.1, 0.15) is 22.7 Å². The largest absolute Gasteiger partial charge is 0.486 e. The number of benzene rings is 1. The molecule has 0 aliphatic rings. The quantitative estimate of drug-likeness (QED) is 0.701. The molecular weight excluding hydrogens is 301 g/mol. The van der Waals surface area contributed by atoms with Crippen LogP contribution in [0, 0.1) is 5.82 Å². The molecule has 0 aliphatic carbocycles. The molecule has 0 aliphatic heterocycles. The van der Waals surface area contributed by atoms with Crippen molar-refractivity contribution in [2.24, 2.45) is 0 Å². The minimum absolute atomic E-state index is 0.173. The summed E-state index contributed by atoms with van der Waals surface area (Å²) in [5.41, 5.74) is 0. The Morgan fingerprint density at radius 2 is 1.96 bits per heavy atom. The maximum absolute atomic E-state index is 12.8. The van der Waals surface area contributed by atoms with Gasteiger partial charge in [0.15, 0.2) is 5.76 Å². The van der Waals surface area contributed by atoms with E-state index in [2.05, 4.69) is 0 Å². The first-order chi connectivity index (χ1) is 11.1. The van der Waals surface area contributed by atoms with E-state index in [1.807, 2.05) is 0 Å². The van der Waals surface area contributed by atoms with E-state index < -0.39 is 0 Å². The SMILES string of the molecule is COCCCN(C)C(=O)c1ccc(COc2ccc(F)cc2)o1. The number of halogens is 1. The molecule has 0 fully saturated rings. The molecule has 124 valence electrons. The molecule has 0 N–H and O–H groups in total. The summed E-state index contributed by atoms with van der Waals surface area (Å²) in [5.74, 6) is 0.826. The van der Waals surface area contributed by atoms with Crippen molar-refractivity contribution < 1.29 is 23.1 Å². The highest BCUT2D eigenvalue weighted by atomic mass is 19.1. The molecule has 1 heterocycles. The lowest BCUT2D eigenvalue weighted by molar-refractivity contribution is 0.0744. The molecule has 0 atom stereocenters. The second kappa shape index (κ2) is 8.33. The molecule has 0 saturated heterocycles. The molecule has 1 aromatic carbocycles. The van der Waals surface area contributed by atoms with Gasteiger partial charge in [-0.2, -0.15) is 0 Å². The highest BCUT2D eigenvalue weighted by Crippen LogP contribution is 2.16. The van der Waals surface area contributed by atoms with E-state index >= 15 is 0 Å². The van der Waals surface area contributed by atoms with Crippen LogP contribution < -0.4 is 4.74 Å². The minimum atomic E-state index is -0.320. The van der Waals surface area contributed by atoms with Gasteiger partial charge in [-0.3, -0.25) is 4.79 Å². The molecule has 1 amide bonds. The Morgan fingerprint density at radius 1 is 1.22 bits per heavy atom. The van der Waals surface area contributed by atoms with E-state index in [0.29, 0.717) is 24.7 Å². The zero-order valence-electron chi connectivity index (χ0n) is 13.3. The number of nitrogens with zero attached hydrogens (tertiary/aromatic N) is 1. The number of amides is 1. The molecule has 6 heteroatoms. The number of furan rings is 1. The van der Waals surface area contributed by atoms with Gasteiger partial charge in [0.25, 0.3) is 5.91 Å². The van der Waals surface area contributed by atoms with Crippen LogP contribution in [0.4, 0.5) is 4.39 Å². The molecule has 0 bridgehead atoms. The maximum Gasteiger partial charge on any atom is 0.289 e. The average molecular weight is 321 g/mol. The molecule has 0 unspecified atom stereocenters. The van der Waals surface area contributed by atoms with Crippen LogP contribution >= 0.6 is 0 Å². The van der Waals surface area contributed by atoms with Crippen LogP contribution in [0.5, 0.6) is 5.75 Å². The molecule has 2 rings (SSSR count). The van der Waals surface area contributed by atoms with Crippen LogP contribution in [-0.4, -0.2) is 38.1 Å². The topological polar surface area (TPSA) is 51.9 Å². The first kappa shape index (κ1) is 17.0. The summed E-state index contributed by atoms with van der Waals surface area (Å²) in [6.45, 7) is 1.37. The molecule has 5 nitrogen and oxygen atoms in total. The Morgan fingerprint density at radius 3 is 2.65 bits per heavy atom. The molecule has 23 heavy (non-hydrogen) atoms. The van der Waals surface area contributed by atoms with Crippen LogP contribution in [0.3, 0.4) is 0 Å². The van der Waals surface area contributed by atoms with Gasteiger partial charge in [-0.25, -0.2) is 4.39 Å². The number of carbonyl (C=O) groups is 1. The van der Waals surface area contributed by atoms with E-state index in [9.17, 15) is 9.18 Å². The summed E-state index contributed by atoms with van der Waals surface area (Å²) >= 11 is 0. The zero-order valence-corrected chi connectivity index (χ0v) is 13.3. The Hall–Kier alpha value is -2.34. The number of hydrogen-bond donors (Lipinski definition) is 0. The highest BCUT2D eigenvalue weighted by Gasteiger charge is 2.15. The van der Waals surface area contributed by atoms with Gasteiger partial charge in [-0.1, -0.05) is 0 Å². The van der Waals surface area contributed by atoms with Crippen molar-refractivity contribution in [2.75, 3.05) is 27.3 Å². The fourth-order valence-electron chi connectivity index (χ4n) is 1.99. The lowest BCUT2D eigenvalue weighted by Crippen LogP contribution is -2.28. The first-order valence-electron chi connectivity index (χ1n) is 7.31. The number of hydrogen-bond acceptors (Lipinski definition) is 4. The van der Waals surface area contributed by atoms with Gasteiger partial charge in [0.05, 0.1) is 0 Å². The lowest BCUT2D eigenvalue weighted by Gasteiger charge is -2.15. The maximum atomic E-state index is 12.8. The predicted molar refractivity (Wildman–Crippen MR) is 82.9 cm³/mol. The van der Waals surface area contributed by atoms with E-state index in [-0.39, 0.29) is 24.1 Å². The van der Waals surface area contributed by atoms with Crippen molar-refractivity contribution in [1.82, 2.24) is 4.90 Å². The van der Waals surface area contributed by atoms with E-state index in [1.54, 1.807) is 31.2 Å². The summed E-state index contributed by atoms with van der Waals surface area (Å²) < 4.78 is 28.7. The van der Waals surface area contributed by atoms with Crippen LogP contribution in [0.2, 0.25) is 0 Å². The highest BCUT2D eigenvalue weighted by molar-refractivity contribution is 5.91. The second-order valence-electron chi connectivity index (χ2n) is 5.08. The molecule has 1 aromatic heterocycles. The predicted octanol–water partition coefficient (Wildman–Crippen LogP) is 3.11. The van der Waals surface area contributed by atoms with Crippen molar-refractivity contribution in [3.05, 3.63) is 53.7 Å². The van der Waals surface area contributed by atoms with Crippen molar-refractivity contribution in [3.63, 3.8) is 0 Å². The normalized spacial score (nSPS) is 10.6. The number of ether oxygens (including phenoxy) is 2. The van der Waals surface area contributed by atoms with Crippen LogP contribution in [-0.2, 0) is 11.3 Å². The van der Waals surface area contributed by atoms with Gasteiger partial charge in [0.2, 0.25) is 0 Å². The van der Waals surface area contributed by atoms with Gasteiger partial charge < -0.3 is 18.8 Å². The third-order valence-electron chi connectivity index (χ3n) is 3.26. The number of methoxy groups -OCH3 is 1. The smallest absolute Gasteiger partial charge is 0.289 e. The fourth-order valence-corrected chi connectivity index (χ4v) is 1.99. The summed E-state index contributed by atoms with van der Waals surface area (Å²) in [7, 11) is 3.34. The number of rotatable bonds is 8. The van der Waals surface area contributed by atoms with Crippen molar-refractivity contribution in [2.45, 2.75) is 13.0 Å². The molecule has 2 aromatic rings. The van der Waals surface area contributed by atoms with Crippen LogP contribution in [0.15, 0.2) is 40.8 Å². The zero-order chi connectivity index (χ0) is 16.7. The standard InChI is InChI=1S/C17H20FNO4/c1-19(10-3-11-21-2)17(20)16-9-8-15(23-16)12-22-14-6-4-13(18)5-7-14/h4-9H,3,10-12H2,1-2H3. The Kier molecular flexibility index (Phi) is 6.17. The van der Waals surface area contributed by atoms with Gasteiger partial charge in [-0.15, -0.1) is 0 Å². The van der Waals surface area contributed by atoms with E-state index in [4.69, 9.17) is 13.9 Å². The molecule has 0 radical (unpaired) electrons. The van der Waals surface area contributed by atoms with Gasteiger partial charge in [0, 0.05) is 27.3 Å². The molecular formula is C17H20FNO4. The van der Waals surface area contributed by atoms with E-state index in [0.717, 1.165) is 6.42 Å². The van der Waals surface area contributed by atoms with E-state index in [1.165, 1.54) is 24.3 Å². The molecule has 0 saturated carbocycles. The number of carbonyl (C=O) groups excluding carboxylic acids is 1. The summed E-state index contributed by atoms with van der Waals surface area (Å²) in [6, 6.07) is 9.03. The van der Waals surface area contributed by atoms with Gasteiger partial charge in [-0.05, 0) is 42.8 Å². The van der Waals surface area contributed by atoms with Crippen molar-refractivity contribution in [1.29, 1.82) is 0 Å². The monoisotopic (exact) mass is 321 g/mol. The van der Waals surface area contributed by atoms with Crippen LogP contribution in [0.25, 0.3) is 0 Å². The summed E-state index contributed by atoms with van der Waals surface area (Å²) in [5, 5.41) is 0. The Balaban J connectivity index is 1.87. The summed E-state index contributed by atoms with van der Waals surface area (Å²) in [6.07, 6.45) is 0.764. The minimum Gasteiger partial charge on any atom is -0.486 e. The van der Waals surface area contributed by atoms with Crippen molar-refractivity contribution in [3.8, 4) is 5.75 Å².